The maximum atomic E-state index is 12.0. The second-order valence-corrected chi connectivity index (χ2v) is 5.11. The smallest absolute Gasteiger partial charge is 0.273 e. The highest BCUT2D eigenvalue weighted by molar-refractivity contribution is 5.93. The predicted octanol–water partition coefficient (Wildman–Crippen LogP) is 0.660. The number of carbonyl (C=O) groups excluding carboxylic acids is 2. The molecule has 1 aliphatic carbocycles. The van der Waals surface area contributed by atoms with Gasteiger partial charge in [0.25, 0.3) is 5.91 Å². The highest BCUT2D eigenvalue weighted by Crippen LogP contribution is 2.30. The molecule has 19 heavy (non-hydrogen) atoms. The predicted molar refractivity (Wildman–Crippen MR) is 65.9 cm³/mol. The lowest BCUT2D eigenvalue weighted by molar-refractivity contribution is -0.135. The summed E-state index contributed by atoms with van der Waals surface area (Å²) in [5, 5.41) is 9.23. The van der Waals surface area contributed by atoms with E-state index in [9.17, 15) is 9.59 Å². The second kappa shape index (κ2) is 4.99. The number of hydrogen-bond donors (Lipinski definition) is 1. The number of carbonyl (C=O) groups is 2. The van der Waals surface area contributed by atoms with Crippen LogP contribution in [-0.2, 0) is 4.79 Å². The average molecular weight is 263 g/mol. The zero-order chi connectivity index (χ0) is 13.2. The van der Waals surface area contributed by atoms with E-state index in [1.54, 1.807) is 10.9 Å². The van der Waals surface area contributed by atoms with Crippen molar-refractivity contribution in [2.75, 3.05) is 6.54 Å². The van der Waals surface area contributed by atoms with E-state index in [-0.39, 0.29) is 17.5 Å². The van der Waals surface area contributed by atoms with Gasteiger partial charge >= 0.3 is 0 Å². The van der Waals surface area contributed by atoms with Gasteiger partial charge in [0.2, 0.25) is 5.91 Å². The Labute approximate surface area is 110 Å². The topological polar surface area (TPSA) is 80.1 Å². The van der Waals surface area contributed by atoms with E-state index in [2.05, 4.69) is 15.7 Å². The standard InChI is InChI=1S/C12H17N5O2/c18-11-6-1-2-7-16(11)14-12(19)10-8-17(15-13-10)9-4-3-5-9/h8-9H,1-7H2,(H,14,19). The normalized spacial score (nSPS) is 20.2. The molecular formula is C12H17N5O2. The van der Waals surface area contributed by atoms with Gasteiger partial charge in [0.1, 0.15) is 0 Å². The molecule has 102 valence electrons. The minimum Gasteiger partial charge on any atom is -0.273 e. The van der Waals surface area contributed by atoms with Crippen LogP contribution in [0.15, 0.2) is 6.20 Å². The van der Waals surface area contributed by atoms with Crippen LogP contribution in [0.1, 0.15) is 55.1 Å². The van der Waals surface area contributed by atoms with Crippen LogP contribution in [0.5, 0.6) is 0 Å². The second-order valence-electron chi connectivity index (χ2n) is 5.11. The molecule has 1 aromatic heterocycles. The number of rotatable bonds is 3. The molecule has 1 aliphatic heterocycles. The van der Waals surface area contributed by atoms with E-state index in [4.69, 9.17) is 0 Å². The first-order valence-corrected chi connectivity index (χ1v) is 6.77. The molecule has 1 saturated carbocycles. The van der Waals surface area contributed by atoms with Crippen molar-refractivity contribution in [2.24, 2.45) is 0 Å². The lowest BCUT2D eigenvalue weighted by atomic mass is 9.93. The zero-order valence-electron chi connectivity index (χ0n) is 10.7. The van der Waals surface area contributed by atoms with E-state index in [0.717, 1.165) is 25.7 Å². The van der Waals surface area contributed by atoms with Gasteiger partial charge in [-0.1, -0.05) is 5.21 Å². The lowest BCUT2D eigenvalue weighted by Gasteiger charge is -2.26. The Hall–Kier alpha value is -1.92. The van der Waals surface area contributed by atoms with Crippen molar-refractivity contribution in [3.8, 4) is 0 Å². The van der Waals surface area contributed by atoms with Gasteiger partial charge in [-0.15, -0.1) is 5.10 Å². The maximum absolute atomic E-state index is 12.0. The number of nitrogens with zero attached hydrogens (tertiary/aromatic N) is 4. The zero-order valence-corrected chi connectivity index (χ0v) is 10.7. The summed E-state index contributed by atoms with van der Waals surface area (Å²) in [5.74, 6) is -0.396. The van der Waals surface area contributed by atoms with Crippen LogP contribution in [0.4, 0.5) is 0 Å². The average Bonchev–Trinajstić information content (AvgIpc) is 2.79. The first-order valence-electron chi connectivity index (χ1n) is 6.77. The number of aromatic nitrogens is 3. The lowest BCUT2D eigenvalue weighted by Crippen LogP contribution is -2.48. The quantitative estimate of drug-likeness (QED) is 0.868. The maximum Gasteiger partial charge on any atom is 0.292 e. The number of piperidine rings is 1. The highest BCUT2D eigenvalue weighted by atomic mass is 16.2. The fourth-order valence-corrected chi connectivity index (χ4v) is 2.31. The van der Waals surface area contributed by atoms with Crippen molar-refractivity contribution in [1.82, 2.24) is 25.4 Å². The summed E-state index contributed by atoms with van der Waals surface area (Å²) in [4.78, 5) is 23.6. The van der Waals surface area contributed by atoms with Crippen molar-refractivity contribution < 1.29 is 9.59 Å². The van der Waals surface area contributed by atoms with Gasteiger partial charge in [-0.3, -0.25) is 20.0 Å². The Morgan fingerprint density at radius 1 is 1.32 bits per heavy atom. The first-order chi connectivity index (χ1) is 9.24. The van der Waals surface area contributed by atoms with Gasteiger partial charge in [-0.25, -0.2) is 4.68 Å². The summed E-state index contributed by atoms with van der Waals surface area (Å²) in [5.41, 5.74) is 2.87. The van der Waals surface area contributed by atoms with Crippen molar-refractivity contribution in [3.63, 3.8) is 0 Å². The molecule has 0 bridgehead atoms. The summed E-state index contributed by atoms with van der Waals surface area (Å²) in [7, 11) is 0. The van der Waals surface area contributed by atoms with Crippen LogP contribution < -0.4 is 5.43 Å². The van der Waals surface area contributed by atoms with E-state index in [1.165, 1.54) is 11.4 Å². The van der Waals surface area contributed by atoms with Crippen LogP contribution >= 0.6 is 0 Å². The molecule has 0 aromatic carbocycles. The molecule has 0 radical (unpaired) electrons. The summed E-state index contributed by atoms with van der Waals surface area (Å²) in [6.07, 6.45) is 7.35. The van der Waals surface area contributed by atoms with Crippen molar-refractivity contribution in [2.45, 2.75) is 44.6 Å². The molecule has 2 heterocycles. The van der Waals surface area contributed by atoms with Gasteiger partial charge in [0.15, 0.2) is 5.69 Å². The molecule has 2 fully saturated rings. The van der Waals surface area contributed by atoms with Gasteiger partial charge in [-0.2, -0.15) is 0 Å². The number of hydrogen-bond acceptors (Lipinski definition) is 4. The largest absolute Gasteiger partial charge is 0.292 e. The van der Waals surface area contributed by atoms with Gasteiger partial charge < -0.3 is 0 Å². The molecule has 7 nitrogen and oxygen atoms in total. The van der Waals surface area contributed by atoms with Crippen LogP contribution in [0.2, 0.25) is 0 Å². The highest BCUT2D eigenvalue weighted by Gasteiger charge is 2.24. The monoisotopic (exact) mass is 263 g/mol. The third-order valence-corrected chi connectivity index (χ3v) is 3.75. The van der Waals surface area contributed by atoms with E-state index in [0.29, 0.717) is 19.0 Å². The number of amides is 2. The summed E-state index contributed by atoms with van der Waals surface area (Å²) < 4.78 is 1.75. The summed E-state index contributed by atoms with van der Waals surface area (Å²) in [6, 6.07) is 0.380. The third kappa shape index (κ3) is 2.45. The Morgan fingerprint density at radius 3 is 2.84 bits per heavy atom. The number of nitrogens with one attached hydrogen (secondary N) is 1. The molecule has 0 atom stereocenters. The Morgan fingerprint density at radius 2 is 2.16 bits per heavy atom. The molecule has 7 heteroatoms. The van der Waals surface area contributed by atoms with Crippen molar-refractivity contribution >= 4 is 11.8 Å². The van der Waals surface area contributed by atoms with E-state index in [1.807, 2.05) is 0 Å². The van der Waals surface area contributed by atoms with E-state index >= 15 is 0 Å². The summed E-state index contributed by atoms with van der Waals surface area (Å²) in [6.45, 7) is 0.571. The third-order valence-electron chi connectivity index (χ3n) is 3.75. The van der Waals surface area contributed by atoms with Crippen LogP contribution in [0.3, 0.4) is 0 Å². The fourth-order valence-electron chi connectivity index (χ4n) is 2.31. The molecule has 3 rings (SSSR count). The fraction of sp³-hybridized carbons (Fsp3) is 0.667. The molecule has 1 saturated heterocycles. The minimum atomic E-state index is -0.360. The number of hydrazine groups is 1. The van der Waals surface area contributed by atoms with Gasteiger partial charge in [0.05, 0.1) is 12.2 Å². The molecule has 1 N–H and O–H groups in total. The SMILES string of the molecule is O=C(NN1CCCCC1=O)c1cn(C2CCC2)nn1. The molecule has 2 aliphatic rings. The summed E-state index contributed by atoms with van der Waals surface area (Å²) >= 11 is 0. The Bertz CT molecular complexity index is 494. The minimum absolute atomic E-state index is 0.0361. The Kier molecular flexibility index (Phi) is 3.18. The van der Waals surface area contributed by atoms with Crippen molar-refractivity contribution in [3.05, 3.63) is 11.9 Å². The van der Waals surface area contributed by atoms with Crippen molar-refractivity contribution in [1.29, 1.82) is 0 Å². The molecule has 2 amide bonds. The van der Waals surface area contributed by atoms with Crippen LogP contribution in [0.25, 0.3) is 0 Å². The molecule has 0 unspecified atom stereocenters. The van der Waals surface area contributed by atoms with Gasteiger partial charge in [0, 0.05) is 13.0 Å². The molecule has 0 spiro atoms. The van der Waals surface area contributed by atoms with Gasteiger partial charge in [-0.05, 0) is 32.1 Å². The molecular weight excluding hydrogens is 246 g/mol. The Balaban J connectivity index is 1.63. The van der Waals surface area contributed by atoms with Crippen LogP contribution in [0, 0.1) is 0 Å². The molecule has 1 aromatic rings. The van der Waals surface area contributed by atoms with E-state index < -0.39 is 0 Å². The van der Waals surface area contributed by atoms with Crippen LogP contribution in [-0.4, -0.2) is 38.4 Å². The first kappa shape index (κ1) is 12.1.